The largest absolute Gasteiger partial charge is 0.494 e. The lowest BCUT2D eigenvalue weighted by atomic mass is 10.2. The first kappa shape index (κ1) is 51.8. The number of esters is 4. The van der Waals surface area contributed by atoms with E-state index in [0.717, 1.165) is 89.5 Å². The molecule has 15 nitrogen and oxygen atoms in total. The van der Waals surface area contributed by atoms with Crippen molar-refractivity contribution in [3.63, 3.8) is 0 Å². The molecule has 0 aliphatic rings. The topological polar surface area (TPSA) is 186 Å². The number of benzene rings is 5. The van der Waals surface area contributed by atoms with E-state index in [-0.39, 0.29) is 38.2 Å². The quantitative estimate of drug-likeness (QED) is 0.0119. The second-order valence-corrected chi connectivity index (χ2v) is 18.3. The Labute approximate surface area is 411 Å². The maximum atomic E-state index is 14.3. The van der Waals surface area contributed by atoms with Crippen molar-refractivity contribution in [1.82, 2.24) is 4.98 Å². The molecule has 6 aromatic rings. The van der Waals surface area contributed by atoms with E-state index in [9.17, 15) is 27.6 Å². The average molecular weight is 988 g/mol. The van der Waals surface area contributed by atoms with Crippen molar-refractivity contribution in [2.24, 2.45) is 5.10 Å². The minimum atomic E-state index is -4.34. The number of para-hydroxylation sites is 1. The van der Waals surface area contributed by atoms with Gasteiger partial charge in [-0.2, -0.15) is 13.5 Å². The zero-order valence-corrected chi connectivity index (χ0v) is 40.3. The molecule has 0 aliphatic carbocycles. The molecule has 17 heteroatoms. The fraction of sp³-hybridized carbons (Fsp3) is 0.245. The molecular weight excluding hydrogens is 935 g/mol. The summed E-state index contributed by atoms with van der Waals surface area (Å²) in [6.07, 6.45) is 10.0. The van der Waals surface area contributed by atoms with Crippen LogP contribution >= 0.6 is 11.3 Å². The molecule has 0 saturated heterocycles. The molecule has 0 bridgehead atoms. The van der Waals surface area contributed by atoms with Gasteiger partial charge >= 0.3 is 23.9 Å². The van der Waals surface area contributed by atoms with Gasteiger partial charge in [-0.3, -0.25) is 0 Å². The van der Waals surface area contributed by atoms with Gasteiger partial charge < -0.3 is 28.4 Å². The maximum Gasteiger partial charge on any atom is 0.343 e. The molecular formula is C53H53N3O12S2. The van der Waals surface area contributed by atoms with E-state index < -0.39 is 33.9 Å². The number of sulfonamides is 1. The van der Waals surface area contributed by atoms with Gasteiger partial charge in [-0.05, 0) is 149 Å². The first-order valence-electron chi connectivity index (χ1n) is 22.6. The molecule has 0 amide bonds. The van der Waals surface area contributed by atoms with Crippen LogP contribution in [0.1, 0.15) is 83.2 Å². The number of carbonyl (C=O) groups excluding carboxylic acids is 4. The van der Waals surface area contributed by atoms with Gasteiger partial charge in [0.05, 0.1) is 58.9 Å². The molecule has 0 atom stereocenters. The van der Waals surface area contributed by atoms with Crippen LogP contribution in [0, 0.1) is 6.92 Å². The van der Waals surface area contributed by atoms with E-state index >= 15 is 0 Å². The summed E-state index contributed by atoms with van der Waals surface area (Å²) in [6.45, 7) is 10.2. The van der Waals surface area contributed by atoms with E-state index in [1.165, 1.54) is 36.5 Å². The first-order valence-corrected chi connectivity index (χ1v) is 24.8. The molecule has 70 heavy (non-hydrogen) atoms. The Morgan fingerprint density at radius 3 is 1.69 bits per heavy atom. The van der Waals surface area contributed by atoms with E-state index in [4.69, 9.17) is 28.4 Å². The van der Waals surface area contributed by atoms with Gasteiger partial charge in [0.1, 0.15) is 23.0 Å². The molecule has 5 aromatic carbocycles. The predicted molar refractivity (Wildman–Crippen MR) is 268 cm³/mol. The van der Waals surface area contributed by atoms with Crippen molar-refractivity contribution >= 4 is 66.8 Å². The van der Waals surface area contributed by atoms with Crippen LogP contribution in [0.2, 0.25) is 0 Å². The standard InChI is InChI=1S/C53H53N3O12S2/c1-4-49(57)65-34-14-8-6-12-32-63-42-24-20-39(21-25-42)51(59)67-44-28-31-47(68-52(60)40-22-26-43(27-23-40)64-33-13-7-9-15-35-66-50(58)5-2)41(36-44)37-54-56(53-55-46-16-10-11-17-48(46)69-53)70(61,62)45-29-18-38(3)19-30-45/h4-5,10-11,16-31,36-37H,1-2,6-9,12-15,32-35H2,3H3/b54-37+. The monoisotopic (exact) mass is 987 g/mol. The lowest BCUT2D eigenvalue weighted by Crippen LogP contribution is -2.26. The summed E-state index contributed by atoms with van der Waals surface area (Å²) in [7, 11) is -4.34. The van der Waals surface area contributed by atoms with Crippen molar-refractivity contribution in [3.8, 4) is 23.0 Å². The Morgan fingerprint density at radius 2 is 1.14 bits per heavy atom. The molecule has 0 N–H and O–H groups in total. The van der Waals surface area contributed by atoms with Gasteiger partial charge in [0, 0.05) is 17.7 Å². The van der Waals surface area contributed by atoms with E-state index in [1.807, 2.05) is 19.1 Å². The van der Waals surface area contributed by atoms with Crippen LogP contribution in [-0.4, -0.2) is 69.9 Å². The minimum absolute atomic E-state index is 0.0113. The normalized spacial score (nSPS) is 11.2. The molecule has 0 radical (unpaired) electrons. The van der Waals surface area contributed by atoms with Crippen LogP contribution in [0.15, 0.2) is 151 Å². The maximum absolute atomic E-state index is 14.3. The number of fused-ring (bicyclic) bond motifs is 1. The molecule has 0 aliphatic heterocycles. The van der Waals surface area contributed by atoms with Gasteiger partial charge in [-0.15, -0.1) is 4.41 Å². The molecule has 0 spiro atoms. The number of nitrogens with zero attached hydrogens (tertiary/aromatic N) is 3. The third kappa shape index (κ3) is 15.4. The predicted octanol–water partition coefficient (Wildman–Crippen LogP) is 10.6. The number of anilines is 1. The minimum Gasteiger partial charge on any atom is -0.494 e. The van der Waals surface area contributed by atoms with Crippen molar-refractivity contribution in [2.45, 2.75) is 63.2 Å². The van der Waals surface area contributed by atoms with Crippen LogP contribution < -0.4 is 23.4 Å². The number of unbranched alkanes of at least 4 members (excludes halogenated alkanes) is 6. The summed E-state index contributed by atoms with van der Waals surface area (Å²) in [5.41, 5.74) is 1.96. The number of hydrazone groups is 1. The fourth-order valence-electron chi connectivity index (χ4n) is 6.52. The SMILES string of the molecule is C=CC(=O)OCCCCCCOc1ccc(C(=O)Oc2ccc(OC(=O)c3ccc(OCCCCCCOC(=O)C=C)cc3)c(/C=N/N(c3nc4ccccc4s3)S(=O)(=O)c3ccc(C)cc3)c2)cc1. The highest BCUT2D eigenvalue weighted by Crippen LogP contribution is 2.33. The van der Waals surface area contributed by atoms with Gasteiger partial charge in [0.15, 0.2) is 0 Å². The number of ether oxygens (including phenoxy) is 6. The van der Waals surface area contributed by atoms with Gasteiger partial charge in [0.25, 0.3) is 10.0 Å². The van der Waals surface area contributed by atoms with Gasteiger partial charge in [0.2, 0.25) is 5.13 Å². The molecule has 0 unspecified atom stereocenters. The van der Waals surface area contributed by atoms with Crippen molar-refractivity contribution in [1.29, 1.82) is 0 Å². The smallest absolute Gasteiger partial charge is 0.343 e. The molecule has 364 valence electrons. The van der Waals surface area contributed by atoms with E-state index in [2.05, 4.69) is 23.2 Å². The summed E-state index contributed by atoms with van der Waals surface area (Å²) in [5, 5.41) is 4.52. The van der Waals surface area contributed by atoms with Crippen LogP contribution in [0.4, 0.5) is 5.13 Å². The first-order chi connectivity index (χ1) is 33.9. The Bertz CT molecular complexity index is 2850. The van der Waals surface area contributed by atoms with Crippen molar-refractivity contribution in [2.75, 3.05) is 30.8 Å². The van der Waals surface area contributed by atoms with Crippen LogP contribution in [-0.2, 0) is 29.1 Å². The number of hydrogen-bond donors (Lipinski definition) is 0. The second-order valence-electron chi connectivity index (χ2n) is 15.6. The Morgan fingerprint density at radius 1 is 0.629 bits per heavy atom. The summed E-state index contributed by atoms with van der Waals surface area (Å²) >= 11 is 1.12. The number of thiazole rings is 1. The van der Waals surface area contributed by atoms with Crippen LogP contribution in [0.3, 0.4) is 0 Å². The van der Waals surface area contributed by atoms with E-state index in [0.29, 0.717) is 43.4 Å². The summed E-state index contributed by atoms with van der Waals surface area (Å²) in [5.74, 6) is -1.14. The molecule has 0 saturated carbocycles. The zero-order chi connectivity index (χ0) is 49.7. The number of rotatable bonds is 27. The number of carbonyl (C=O) groups is 4. The molecule has 1 aromatic heterocycles. The lowest BCUT2D eigenvalue weighted by molar-refractivity contribution is -0.138. The fourth-order valence-corrected chi connectivity index (χ4v) is 8.86. The van der Waals surface area contributed by atoms with Crippen molar-refractivity contribution < 1.29 is 56.0 Å². The Hall–Kier alpha value is -7.63. The summed E-state index contributed by atoms with van der Waals surface area (Å²) in [6, 6.07) is 30.7. The molecule has 6 rings (SSSR count). The Kier molecular flexibility index (Phi) is 19.4. The average Bonchev–Trinajstić information content (AvgIpc) is 3.80. The summed E-state index contributed by atoms with van der Waals surface area (Å²) < 4.78 is 63.5. The third-order valence-electron chi connectivity index (χ3n) is 10.3. The second kappa shape index (κ2) is 26.2. The van der Waals surface area contributed by atoms with E-state index in [1.54, 1.807) is 72.8 Å². The highest BCUT2D eigenvalue weighted by atomic mass is 32.2. The van der Waals surface area contributed by atoms with Crippen molar-refractivity contribution in [3.05, 3.63) is 163 Å². The van der Waals surface area contributed by atoms with Gasteiger partial charge in [-0.25, -0.2) is 24.2 Å². The zero-order valence-electron chi connectivity index (χ0n) is 38.7. The summed E-state index contributed by atoms with van der Waals surface area (Å²) in [4.78, 5) is 54.0. The number of aromatic nitrogens is 1. The van der Waals surface area contributed by atoms with Gasteiger partial charge in [-0.1, -0.05) is 54.3 Å². The third-order valence-corrected chi connectivity index (χ3v) is 13.0. The molecule has 1 heterocycles. The lowest BCUT2D eigenvalue weighted by Gasteiger charge is -2.17. The number of aryl methyl sites for hydroxylation is 1. The van der Waals surface area contributed by atoms with Crippen LogP contribution in [0.5, 0.6) is 23.0 Å². The Balaban J connectivity index is 1.17. The highest BCUT2D eigenvalue weighted by molar-refractivity contribution is 7.93. The molecule has 0 fully saturated rings. The van der Waals surface area contributed by atoms with Crippen LogP contribution in [0.25, 0.3) is 10.2 Å². The highest BCUT2D eigenvalue weighted by Gasteiger charge is 2.28. The number of hydrogen-bond acceptors (Lipinski definition) is 15.